The third kappa shape index (κ3) is 4.01. The molecule has 0 bridgehead atoms. The first-order valence-corrected chi connectivity index (χ1v) is 7.97. The van der Waals surface area contributed by atoms with Crippen LogP contribution < -0.4 is 5.32 Å². The van der Waals surface area contributed by atoms with Crippen molar-refractivity contribution >= 4 is 17.2 Å². The number of aromatic nitrogens is 1. The van der Waals surface area contributed by atoms with E-state index in [2.05, 4.69) is 10.3 Å². The number of aliphatic hydroxyl groups excluding tert-OH is 1. The Labute approximate surface area is 123 Å². The van der Waals surface area contributed by atoms with Crippen LogP contribution in [0.4, 0.5) is 0 Å². The summed E-state index contributed by atoms with van der Waals surface area (Å²) in [5.74, 6) is 0.0208. The second-order valence-corrected chi connectivity index (χ2v) is 6.16. The molecule has 112 valence electrons. The van der Waals surface area contributed by atoms with Gasteiger partial charge in [-0.25, -0.2) is 4.98 Å². The number of methoxy groups -OCH3 is 1. The van der Waals surface area contributed by atoms with Crippen LogP contribution in [0.5, 0.6) is 0 Å². The fourth-order valence-corrected chi connectivity index (χ4v) is 3.38. The summed E-state index contributed by atoms with van der Waals surface area (Å²) in [5, 5.41) is 15.1. The van der Waals surface area contributed by atoms with Crippen molar-refractivity contribution in [2.45, 2.75) is 44.8 Å². The third-order valence-corrected chi connectivity index (χ3v) is 4.58. The Bertz CT molecular complexity index is 436. The second kappa shape index (κ2) is 7.71. The van der Waals surface area contributed by atoms with Crippen LogP contribution >= 0.6 is 11.3 Å². The summed E-state index contributed by atoms with van der Waals surface area (Å²) < 4.78 is 5.01. The predicted molar refractivity (Wildman–Crippen MR) is 77.7 cm³/mol. The summed E-state index contributed by atoms with van der Waals surface area (Å²) >= 11 is 1.43. The summed E-state index contributed by atoms with van der Waals surface area (Å²) in [6.45, 7) is 0.567. The van der Waals surface area contributed by atoms with Crippen LogP contribution in [0.3, 0.4) is 0 Å². The maximum atomic E-state index is 12.2. The van der Waals surface area contributed by atoms with Gasteiger partial charge in [-0.1, -0.05) is 19.3 Å². The molecule has 0 saturated heterocycles. The van der Waals surface area contributed by atoms with E-state index in [1.54, 1.807) is 12.5 Å². The van der Waals surface area contributed by atoms with Gasteiger partial charge in [-0.2, -0.15) is 0 Å². The number of hydrogen-bond donors (Lipinski definition) is 2. The minimum Gasteiger partial charge on any atom is -0.396 e. The lowest BCUT2D eigenvalue weighted by atomic mass is 9.95. The molecule has 1 aromatic rings. The van der Waals surface area contributed by atoms with Crippen molar-refractivity contribution in [3.8, 4) is 0 Å². The van der Waals surface area contributed by atoms with E-state index in [-0.39, 0.29) is 24.5 Å². The van der Waals surface area contributed by atoms with Crippen molar-refractivity contribution in [1.29, 1.82) is 0 Å². The number of nitrogens with one attached hydrogen (secondary N) is 1. The van der Waals surface area contributed by atoms with Gasteiger partial charge in [0.05, 0.1) is 6.61 Å². The Kier molecular flexibility index (Phi) is 5.94. The number of ether oxygens (including phenoxy) is 1. The fourth-order valence-electron chi connectivity index (χ4n) is 2.64. The molecular formula is C14H22N2O3S. The Morgan fingerprint density at radius 2 is 2.30 bits per heavy atom. The first kappa shape index (κ1) is 15.4. The number of carbonyl (C=O) groups excluding carboxylic acids is 1. The van der Waals surface area contributed by atoms with Crippen LogP contribution in [0.15, 0.2) is 5.38 Å². The van der Waals surface area contributed by atoms with Gasteiger partial charge in [-0.3, -0.25) is 4.79 Å². The molecular weight excluding hydrogens is 276 g/mol. The summed E-state index contributed by atoms with van der Waals surface area (Å²) in [5.41, 5.74) is 0.447. The number of carbonyl (C=O) groups is 1. The number of hydrogen-bond acceptors (Lipinski definition) is 5. The molecule has 1 heterocycles. The molecule has 1 aliphatic rings. The van der Waals surface area contributed by atoms with Crippen LogP contribution in [0.25, 0.3) is 0 Å². The standard InChI is InChI=1S/C14H22N2O3S/c1-19-8-13-15-12(9-20-13)14(18)16-11-6-4-2-3-5-10(11)7-17/h9-11,17H,2-8H2,1H3,(H,16,18). The smallest absolute Gasteiger partial charge is 0.270 e. The molecule has 1 aromatic heterocycles. The number of thiazole rings is 1. The summed E-state index contributed by atoms with van der Waals surface area (Å²) in [6, 6.07) is 0.0579. The van der Waals surface area contributed by atoms with Crippen LogP contribution in [-0.2, 0) is 11.3 Å². The van der Waals surface area contributed by atoms with Crippen molar-refractivity contribution in [2.24, 2.45) is 5.92 Å². The number of rotatable bonds is 5. The highest BCUT2D eigenvalue weighted by molar-refractivity contribution is 7.09. The average molecular weight is 298 g/mol. The quantitative estimate of drug-likeness (QED) is 0.815. The van der Waals surface area contributed by atoms with E-state index in [4.69, 9.17) is 4.74 Å². The van der Waals surface area contributed by atoms with Gasteiger partial charge in [0.15, 0.2) is 0 Å². The minimum absolute atomic E-state index is 0.0579. The SMILES string of the molecule is COCc1nc(C(=O)NC2CCCCCC2CO)cs1. The number of nitrogens with zero attached hydrogens (tertiary/aromatic N) is 1. The van der Waals surface area contributed by atoms with Gasteiger partial charge < -0.3 is 15.2 Å². The van der Waals surface area contributed by atoms with Crippen molar-refractivity contribution in [1.82, 2.24) is 10.3 Å². The van der Waals surface area contributed by atoms with E-state index in [1.807, 2.05) is 0 Å². The monoisotopic (exact) mass is 298 g/mol. The van der Waals surface area contributed by atoms with Crippen LogP contribution in [0.1, 0.15) is 47.6 Å². The van der Waals surface area contributed by atoms with Gasteiger partial charge in [0.1, 0.15) is 10.7 Å². The van der Waals surface area contributed by atoms with Gasteiger partial charge in [-0.15, -0.1) is 11.3 Å². The Balaban J connectivity index is 1.97. The topological polar surface area (TPSA) is 71.5 Å². The van der Waals surface area contributed by atoms with Gasteiger partial charge in [0.25, 0.3) is 5.91 Å². The number of aliphatic hydroxyl groups is 1. The zero-order valence-corrected chi connectivity index (χ0v) is 12.6. The molecule has 6 heteroatoms. The molecule has 1 fully saturated rings. The first-order chi connectivity index (χ1) is 9.74. The third-order valence-electron chi connectivity index (χ3n) is 3.76. The van der Waals surface area contributed by atoms with Gasteiger partial charge >= 0.3 is 0 Å². The zero-order valence-electron chi connectivity index (χ0n) is 11.8. The highest BCUT2D eigenvalue weighted by Gasteiger charge is 2.25. The van der Waals surface area contributed by atoms with E-state index in [1.165, 1.54) is 17.8 Å². The van der Waals surface area contributed by atoms with E-state index >= 15 is 0 Å². The first-order valence-electron chi connectivity index (χ1n) is 7.09. The van der Waals surface area contributed by atoms with Crippen LogP contribution in [0, 0.1) is 5.92 Å². The minimum atomic E-state index is -0.144. The lowest BCUT2D eigenvalue weighted by Gasteiger charge is -2.24. The maximum absolute atomic E-state index is 12.2. The second-order valence-electron chi connectivity index (χ2n) is 5.22. The molecule has 2 N–H and O–H groups in total. The maximum Gasteiger partial charge on any atom is 0.270 e. The average Bonchev–Trinajstić information content (AvgIpc) is 2.79. The molecule has 0 aliphatic heterocycles. The van der Waals surface area contributed by atoms with Crippen LogP contribution in [-0.4, -0.2) is 35.8 Å². The molecule has 5 nitrogen and oxygen atoms in total. The highest BCUT2D eigenvalue weighted by atomic mass is 32.1. The molecule has 1 aliphatic carbocycles. The van der Waals surface area contributed by atoms with Crippen molar-refractivity contribution in [2.75, 3.05) is 13.7 Å². The number of amides is 1. The molecule has 1 amide bonds. The molecule has 2 rings (SSSR count). The van der Waals surface area contributed by atoms with E-state index in [0.29, 0.717) is 12.3 Å². The molecule has 2 atom stereocenters. The Hall–Kier alpha value is -0.980. The predicted octanol–water partition coefficient (Wildman–Crippen LogP) is 1.96. The lowest BCUT2D eigenvalue weighted by Crippen LogP contribution is -2.41. The lowest BCUT2D eigenvalue weighted by molar-refractivity contribution is 0.0894. The van der Waals surface area contributed by atoms with Gasteiger partial charge in [-0.05, 0) is 12.8 Å². The van der Waals surface area contributed by atoms with E-state index < -0.39 is 0 Å². The fraction of sp³-hybridized carbons (Fsp3) is 0.714. The van der Waals surface area contributed by atoms with Crippen molar-refractivity contribution in [3.05, 3.63) is 16.1 Å². The van der Waals surface area contributed by atoms with Crippen LogP contribution in [0.2, 0.25) is 0 Å². The highest BCUT2D eigenvalue weighted by Crippen LogP contribution is 2.23. The molecule has 20 heavy (non-hydrogen) atoms. The summed E-state index contributed by atoms with van der Waals surface area (Å²) in [4.78, 5) is 16.5. The van der Waals surface area contributed by atoms with E-state index in [9.17, 15) is 9.90 Å². The largest absolute Gasteiger partial charge is 0.396 e. The normalized spacial score (nSPS) is 23.3. The van der Waals surface area contributed by atoms with Crippen molar-refractivity contribution in [3.63, 3.8) is 0 Å². The molecule has 0 spiro atoms. The molecule has 2 unspecified atom stereocenters. The molecule has 1 saturated carbocycles. The summed E-state index contributed by atoms with van der Waals surface area (Å²) in [7, 11) is 1.61. The molecule has 0 aromatic carbocycles. The van der Waals surface area contributed by atoms with Gasteiger partial charge in [0, 0.05) is 31.1 Å². The Morgan fingerprint density at radius 3 is 3.05 bits per heavy atom. The Morgan fingerprint density at radius 1 is 1.50 bits per heavy atom. The zero-order chi connectivity index (χ0) is 14.4. The summed E-state index contributed by atoms with van der Waals surface area (Å²) in [6.07, 6.45) is 5.33. The molecule has 0 radical (unpaired) electrons. The van der Waals surface area contributed by atoms with E-state index in [0.717, 1.165) is 30.7 Å². The van der Waals surface area contributed by atoms with Crippen molar-refractivity contribution < 1.29 is 14.6 Å². The van der Waals surface area contributed by atoms with Gasteiger partial charge in [0.2, 0.25) is 0 Å².